The number of carbonyl (C=O) groups is 1. The Bertz CT molecular complexity index is 623. The molecule has 3 rings (SSSR count). The first kappa shape index (κ1) is 14.4. The van der Waals surface area contributed by atoms with E-state index >= 15 is 0 Å². The van der Waals surface area contributed by atoms with Crippen LogP contribution in [0.4, 0.5) is 0 Å². The van der Waals surface area contributed by atoms with E-state index in [1.54, 1.807) is 35.2 Å². The van der Waals surface area contributed by atoms with E-state index in [4.69, 9.17) is 9.47 Å². The summed E-state index contributed by atoms with van der Waals surface area (Å²) < 4.78 is 12.5. The van der Waals surface area contributed by atoms with Gasteiger partial charge in [0.2, 0.25) is 0 Å². The summed E-state index contributed by atoms with van der Waals surface area (Å²) in [4.78, 5) is 17.8. The van der Waals surface area contributed by atoms with Gasteiger partial charge in [0.1, 0.15) is 12.7 Å². The zero-order valence-electron chi connectivity index (χ0n) is 12.4. The number of amides is 1. The van der Waals surface area contributed by atoms with Gasteiger partial charge in [0.15, 0.2) is 18.1 Å². The van der Waals surface area contributed by atoms with Crippen molar-refractivity contribution in [1.82, 2.24) is 19.7 Å². The van der Waals surface area contributed by atoms with Crippen LogP contribution in [0.15, 0.2) is 36.9 Å². The Morgan fingerprint density at radius 2 is 2.09 bits per heavy atom. The SMILES string of the molecule is COc1ccccc1OCC(=O)N1CC(Cn2cncn2)C1. The molecule has 1 aromatic heterocycles. The Morgan fingerprint density at radius 1 is 1.32 bits per heavy atom. The quantitative estimate of drug-likeness (QED) is 0.790. The van der Waals surface area contributed by atoms with Gasteiger partial charge in [-0.15, -0.1) is 0 Å². The van der Waals surface area contributed by atoms with E-state index in [1.165, 1.54) is 6.33 Å². The largest absolute Gasteiger partial charge is 0.493 e. The molecular formula is C15H18N4O3. The van der Waals surface area contributed by atoms with Crippen LogP contribution in [0.2, 0.25) is 0 Å². The Hall–Kier alpha value is -2.57. The number of para-hydroxylation sites is 2. The average Bonchev–Trinajstić information content (AvgIpc) is 3.01. The van der Waals surface area contributed by atoms with Gasteiger partial charge in [0.05, 0.1) is 7.11 Å². The number of benzene rings is 1. The summed E-state index contributed by atoms with van der Waals surface area (Å²) in [5.41, 5.74) is 0. The topological polar surface area (TPSA) is 69.5 Å². The van der Waals surface area contributed by atoms with Crippen LogP contribution in [0.5, 0.6) is 11.5 Å². The fraction of sp³-hybridized carbons (Fsp3) is 0.400. The highest BCUT2D eigenvalue weighted by atomic mass is 16.5. The molecule has 0 bridgehead atoms. The second kappa shape index (κ2) is 6.46. The van der Waals surface area contributed by atoms with Gasteiger partial charge in [0.25, 0.3) is 5.91 Å². The standard InChI is InChI=1S/C15H18N4O3/c1-21-13-4-2-3-5-14(13)22-9-15(20)18-6-12(7-18)8-19-11-16-10-17-19/h2-5,10-12H,6-9H2,1H3. The zero-order valence-corrected chi connectivity index (χ0v) is 12.4. The van der Waals surface area contributed by atoms with Crippen molar-refractivity contribution in [2.75, 3.05) is 26.8 Å². The molecule has 2 aromatic rings. The predicted molar refractivity (Wildman–Crippen MR) is 78.6 cm³/mol. The number of aromatic nitrogens is 3. The van der Waals surface area contributed by atoms with Gasteiger partial charge in [-0.1, -0.05) is 12.1 Å². The maximum absolute atomic E-state index is 12.1. The summed E-state index contributed by atoms with van der Waals surface area (Å²) in [6, 6.07) is 7.30. The van der Waals surface area contributed by atoms with Crippen LogP contribution in [-0.2, 0) is 11.3 Å². The fourth-order valence-corrected chi connectivity index (χ4v) is 2.45. The maximum Gasteiger partial charge on any atom is 0.260 e. The van der Waals surface area contributed by atoms with E-state index in [0.717, 1.165) is 19.6 Å². The van der Waals surface area contributed by atoms with Crippen LogP contribution in [0, 0.1) is 5.92 Å². The number of nitrogens with zero attached hydrogens (tertiary/aromatic N) is 4. The number of carbonyl (C=O) groups excluding carboxylic acids is 1. The van der Waals surface area contributed by atoms with E-state index in [0.29, 0.717) is 17.4 Å². The van der Waals surface area contributed by atoms with Gasteiger partial charge in [-0.25, -0.2) is 4.98 Å². The van der Waals surface area contributed by atoms with Gasteiger partial charge < -0.3 is 14.4 Å². The first-order chi connectivity index (χ1) is 10.8. The molecule has 0 saturated carbocycles. The predicted octanol–water partition coefficient (Wildman–Crippen LogP) is 0.824. The maximum atomic E-state index is 12.1. The molecule has 22 heavy (non-hydrogen) atoms. The normalized spacial score (nSPS) is 14.5. The molecule has 1 aliphatic rings. The Labute approximate surface area is 128 Å². The molecule has 1 aromatic carbocycles. The lowest BCUT2D eigenvalue weighted by Crippen LogP contribution is -2.52. The molecule has 1 saturated heterocycles. The second-order valence-corrected chi connectivity index (χ2v) is 5.22. The van der Waals surface area contributed by atoms with Crippen LogP contribution < -0.4 is 9.47 Å². The van der Waals surface area contributed by atoms with Gasteiger partial charge in [-0.3, -0.25) is 9.48 Å². The number of methoxy groups -OCH3 is 1. The first-order valence-corrected chi connectivity index (χ1v) is 7.12. The summed E-state index contributed by atoms with van der Waals surface area (Å²) in [5, 5.41) is 4.07. The van der Waals surface area contributed by atoms with Gasteiger partial charge in [0, 0.05) is 25.6 Å². The number of likely N-dealkylation sites (tertiary alicyclic amines) is 1. The van der Waals surface area contributed by atoms with Crippen molar-refractivity contribution in [2.24, 2.45) is 5.92 Å². The monoisotopic (exact) mass is 302 g/mol. The lowest BCUT2D eigenvalue weighted by atomic mass is 10.0. The van der Waals surface area contributed by atoms with Crippen molar-refractivity contribution >= 4 is 5.91 Å². The third kappa shape index (κ3) is 3.19. The number of rotatable bonds is 6. The van der Waals surface area contributed by atoms with Crippen molar-refractivity contribution < 1.29 is 14.3 Å². The summed E-state index contributed by atoms with van der Waals surface area (Å²) >= 11 is 0. The van der Waals surface area contributed by atoms with Crippen LogP contribution in [-0.4, -0.2) is 52.4 Å². The molecule has 0 unspecified atom stereocenters. The van der Waals surface area contributed by atoms with Crippen LogP contribution in [0.25, 0.3) is 0 Å². The minimum atomic E-state index is -0.0132. The van der Waals surface area contributed by atoms with Gasteiger partial charge >= 0.3 is 0 Å². The van der Waals surface area contributed by atoms with Gasteiger partial charge in [-0.2, -0.15) is 5.10 Å². The molecule has 1 aliphatic heterocycles. The summed E-state index contributed by atoms with van der Waals surface area (Å²) in [7, 11) is 1.58. The summed E-state index contributed by atoms with van der Waals surface area (Å²) in [6.07, 6.45) is 3.21. The van der Waals surface area contributed by atoms with E-state index in [2.05, 4.69) is 10.1 Å². The molecule has 2 heterocycles. The third-order valence-electron chi connectivity index (χ3n) is 3.64. The number of hydrogen-bond acceptors (Lipinski definition) is 5. The molecule has 0 atom stereocenters. The number of hydrogen-bond donors (Lipinski definition) is 0. The van der Waals surface area contributed by atoms with Crippen molar-refractivity contribution in [3.05, 3.63) is 36.9 Å². The van der Waals surface area contributed by atoms with Crippen LogP contribution in [0.3, 0.4) is 0 Å². The van der Waals surface area contributed by atoms with Crippen molar-refractivity contribution in [2.45, 2.75) is 6.54 Å². The molecule has 7 heteroatoms. The molecule has 116 valence electrons. The Morgan fingerprint density at radius 3 is 2.77 bits per heavy atom. The van der Waals surface area contributed by atoms with Crippen molar-refractivity contribution in [3.8, 4) is 11.5 Å². The van der Waals surface area contributed by atoms with Crippen molar-refractivity contribution in [1.29, 1.82) is 0 Å². The van der Waals surface area contributed by atoms with E-state index in [-0.39, 0.29) is 12.5 Å². The molecule has 1 fully saturated rings. The summed E-state index contributed by atoms with van der Waals surface area (Å²) in [5.74, 6) is 1.62. The molecular weight excluding hydrogens is 284 g/mol. The van der Waals surface area contributed by atoms with Crippen LogP contribution >= 0.6 is 0 Å². The van der Waals surface area contributed by atoms with Crippen molar-refractivity contribution in [3.63, 3.8) is 0 Å². The first-order valence-electron chi connectivity index (χ1n) is 7.12. The third-order valence-corrected chi connectivity index (χ3v) is 3.64. The second-order valence-electron chi connectivity index (χ2n) is 5.22. The highest BCUT2D eigenvalue weighted by molar-refractivity contribution is 5.78. The molecule has 0 aliphatic carbocycles. The van der Waals surface area contributed by atoms with E-state index in [9.17, 15) is 4.79 Å². The fourth-order valence-electron chi connectivity index (χ4n) is 2.45. The highest BCUT2D eigenvalue weighted by Gasteiger charge is 2.31. The molecule has 7 nitrogen and oxygen atoms in total. The van der Waals surface area contributed by atoms with Crippen LogP contribution in [0.1, 0.15) is 0 Å². The summed E-state index contributed by atoms with van der Waals surface area (Å²) in [6.45, 7) is 2.27. The molecule has 1 amide bonds. The van der Waals surface area contributed by atoms with Gasteiger partial charge in [-0.05, 0) is 12.1 Å². The lowest BCUT2D eigenvalue weighted by Gasteiger charge is -2.39. The minimum Gasteiger partial charge on any atom is -0.493 e. The Balaban J connectivity index is 1.44. The zero-order chi connectivity index (χ0) is 15.4. The van der Waals surface area contributed by atoms with E-state index in [1.807, 2.05) is 12.1 Å². The smallest absolute Gasteiger partial charge is 0.260 e. The number of ether oxygens (including phenoxy) is 2. The van der Waals surface area contributed by atoms with E-state index < -0.39 is 0 Å². The average molecular weight is 302 g/mol. The molecule has 0 radical (unpaired) electrons. The highest BCUT2D eigenvalue weighted by Crippen LogP contribution is 2.26. The lowest BCUT2D eigenvalue weighted by molar-refractivity contribution is -0.140. The Kier molecular flexibility index (Phi) is 4.22. The molecule has 0 spiro atoms. The minimum absolute atomic E-state index is 0.0132. The molecule has 0 N–H and O–H groups in total.